The Morgan fingerprint density at radius 3 is 2.19 bits per heavy atom. The normalized spacial score (nSPS) is 12.6. The highest BCUT2D eigenvalue weighted by molar-refractivity contribution is 5.79. The summed E-state index contributed by atoms with van der Waals surface area (Å²) in [7, 11) is 0. The molecule has 21 heavy (non-hydrogen) atoms. The van der Waals surface area contributed by atoms with Crippen LogP contribution in [0, 0.1) is 0 Å². The van der Waals surface area contributed by atoms with Crippen LogP contribution in [0.1, 0.15) is 24.0 Å². The number of hydrogen-bond acceptors (Lipinski definition) is 3. The molecule has 0 unspecified atom stereocenters. The van der Waals surface area contributed by atoms with E-state index in [1.807, 2.05) is 31.2 Å². The van der Waals surface area contributed by atoms with Gasteiger partial charge >= 0.3 is 6.09 Å². The summed E-state index contributed by atoms with van der Waals surface area (Å²) < 4.78 is 5.33. The average Bonchev–Trinajstić information content (AvgIpc) is 2.85. The zero-order valence-corrected chi connectivity index (χ0v) is 11.9. The highest BCUT2D eigenvalue weighted by Gasteiger charge is 2.28. The van der Waals surface area contributed by atoms with Crippen LogP contribution in [0.5, 0.6) is 0 Å². The molecule has 2 aromatic carbocycles. The lowest BCUT2D eigenvalue weighted by molar-refractivity contribution is 0.138. The van der Waals surface area contributed by atoms with E-state index in [1.54, 1.807) is 0 Å². The molecule has 0 radical (unpaired) electrons. The molecule has 108 valence electrons. The predicted octanol–water partition coefficient (Wildman–Crippen LogP) is 3.05. The molecular weight excluding hydrogens is 264 g/mol. The number of rotatable bonds is 4. The highest BCUT2D eigenvalue weighted by Crippen LogP contribution is 2.44. The van der Waals surface area contributed by atoms with Crippen LogP contribution in [0.25, 0.3) is 11.1 Å². The van der Waals surface area contributed by atoms with Crippen molar-refractivity contribution in [1.82, 2.24) is 10.9 Å². The number of ether oxygens (including phenoxy) is 1. The molecular formula is C17H18N2O2. The maximum atomic E-state index is 11.6. The molecule has 4 nitrogen and oxygen atoms in total. The third kappa shape index (κ3) is 2.62. The predicted molar refractivity (Wildman–Crippen MR) is 81.9 cm³/mol. The molecule has 0 aromatic heterocycles. The van der Waals surface area contributed by atoms with Crippen molar-refractivity contribution in [3.8, 4) is 11.1 Å². The summed E-state index contributed by atoms with van der Waals surface area (Å²) in [4.78, 5) is 11.6. The van der Waals surface area contributed by atoms with Gasteiger partial charge in [0.2, 0.25) is 0 Å². The second kappa shape index (κ2) is 5.97. The van der Waals surface area contributed by atoms with Crippen LogP contribution in [-0.2, 0) is 4.74 Å². The van der Waals surface area contributed by atoms with Crippen molar-refractivity contribution in [3.05, 3.63) is 59.7 Å². The van der Waals surface area contributed by atoms with Crippen LogP contribution in [0.4, 0.5) is 4.79 Å². The Hall–Kier alpha value is -2.33. The molecule has 0 bridgehead atoms. The van der Waals surface area contributed by atoms with Gasteiger partial charge < -0.3 is 4.74 Å². The minimum Gasteiger partial charge on any atom is -0.448 e. The molecule has 1 aliphatic rings. The monoisotopic (exact) mass is 282 g/mol. The minimum atomic E-state index is -0.446. The van der Waals surface area contributed by atoms with Gasteiger partial charge in [-0.15, -0.1) is 0 Å². The van der Waals surface area contributed by atoms with Crippen LogP contribution in [0.3, 0.4) is 0 Å². The zero-order chi connectivity index (χ0) is 14.7. The molecule has 0 saturated heterocycles. The van der Waals surface area contributed by atoms with E-state index in [-0.39, 0.29) is 5.92 Å². The second-order valence-corrected chi connectivity index (χ2v) is 4.98. The number of nitrogens with one attached hydrogen (secondary N) is 2. The Morgan fingerprint density at radius 2 is 1.62 bits per heavy atom. The van der Waals surface area contributed by atoms with Gasteiger partial charge in [0, 0.05) is 12.5 Å². The maximum absolute atomic E-state index is 11.6. The van der Waals surface area contributed by atoms with E-state index in [2.05, 4.69) is 35.1 Å². The first kappa shape index (κ1) is 13.6. The molecule has 0 atom stereocenters. The number of benzene rings is 2. The van der Waals surface area contributed by atoms with Crippen molar-refractivity contribution in [3.63, 3.8) is 0 Å². The number of hydrogen-bond donors (Lipinski definition) is 2. The summed E-state index contributed by atoms with van der Waals surface area (Å²) in [5, 5.41) is 0. The van der Waals surface area contributed by atoms with E-state index < -0.39 is 6.09 Å². The first-order valence-electron chi connectivity index (χ1n) is 7.15. The Kier molecular flexibility index (Phi) is 3.88. The van der Waals surface area contributed by atoms with E-state index in [1.165, 1.54) is 22.3 Å². The smallest absolute Gasteiger partial charge is 0.421 e. The van der Waals surface area contributed by atoms with Crippen LogP contribution >= 0.6 is 0 Å². The minimum absolute atomic E-state index is 0.102. The van der Waals surface area contributed by atoms with Crippen molar-refractivity contribution in [2.24, 2.45) is 0 Å². The van der Waals surface area contributed by atoms with Gasteiger partial charge in [0.05, 0.1) is 0 Å². The number of carbonyl (C=O) groups excluding carboxylic acids is 1. The van der Waals surface area contributed by atoms with Crippen molar-refractivity contribution in [1.29, 1.82) is 0 Å². The number of hydrazine groups is 1. The molecule has 2 aromatic rings. The Balaban J connectivity index is 1.81. The summed E-state index contributed by atoms with van der Waals surface area (Å²) in [6.45, 7) is 2.90. The number of carbonyl (C=O) groups is 1. The molecule has 0 fully saturated rings. The topological polar surface area (TPSA) is 50.4 Å². The fourth-order valence-electron chi connectivity index (χ4n) is 2.80. The molecule has 0 aliphatic heterocycles. The van der Waals surface area contributed by atoms with Crippen LogP contribution in [0.15, 0.2) is 48.5 Å². The molecule has 1 amide bonds. The summed E-state index contributed by atoms with van der Waals surface area (Å²) in [5.74, 6) is 0.102. The average molecular weight is 282 g/mol. The Morgan fingerprint density at radius 1 is 1.05 bits per heavy atom. The van der Waals surface area contributed by atoms with Gasteiger partial charge in [-0.05, 0) is 22.3 Å². The fraction of sp³-hybridized carbons (Fsp3) is 0.235. The molecule has 0 spiro atoms. The Labute approximate surface area is 124 Å². The van der Waals surface area contributed by atoms with Gasteiger partial charge in [0.15, 0.2) is 0 Å². The fourth-order valence-corrected chi connectivity index (χ4v) is 2.80. The van der Waals surface area contributed by atoms with Crippen molar-refractivity contribution in [2.45, 2.75) is 12.8 Å². The number of fused-ring (bicyclic) bond motifs is 3. The molecule has 2 N–H and O–H groups in total. The lowest BCUT2D eigenvalue weighted by atomic mass is 9.98. The molecule has 4 heteroatoms. The first-order chi connectivity index (χ1) is 10.3. The standard InChI is InChI=1S/C17H18N2O2/c1-2-18-19-17(20)21-11-16-14-9-5-3-7-12(14)13-8-4-6-10-15(13)16/h3-10,16,18H,2,11H2,1H3,(H,19,20). The highest BCUT2D eigenvalue weighted by atomic mass is 16.6. The SMILES string of the molecule is CCNNC(=O)OCC1c2ccccc2-c2ccccc21. The van der Waals surface area contributed by atoms with Crippen LogP contribution in [-0.4, -0.2) is 19.2 Å². The molecule has 0 saturated carbocycles. The van der Waals surface area contributed by atoms with Gasteiger partial charge in [-0.3, -0.25) is 5.43 Å². The third-order valence-corrected chi connectivity index (χ3v) is 3.71. The van der Waals surface area contributed by atoms with Gasteiger partial charge in [-0.2, -0.15) is 0 Å². The summed E-state index contributed by atoms with van der Waals surface area (Å²) in [6, 6.07) is 16.6. The summed E-state index contributed by atoms with van der Waals surface area (Å²) in [5.41, 5.74) is 10.1. The third-order valence-electron chi connectivity index (χ3n) is 3.71. The maximum Gasteiger partial charge on any atom is 0.421 e. The van der Waals surface area contributed by atoms with Gasteiger partial charge in [0.1, 0.15) is 6.61 Å². The van der Waals surface area contributed by atoms with Gasteiger partial charge in [-0.1, -0.05) is 55.5 Å². The lowest BCUT2D eigenvalue weighted by Gasteiger charge is -2.14. The zero-order valence-electron chi connectivity index (χ0n) is 11.9. The van der Waals surface area contributed by atoms with Crippen LogP contribution in [0.2, 0.25) is 0 Å². The van der Waals surface area contributed by atoms with Crippen molar-refractivity contribution >= 4 is 6.09 Å². The molecule has 1 aliphatic carbocycles. The van der Waals surface area contributed by atoms with Gasteiger partial charge in [-0.25, -0.2) is 10.2 Å². The van der Waals surface area contributed by atoms with E-state index >= 15 is 0 Å². The molecule has 3 rings (SSSR count). The summed E-state index contributed by atoms with van der Waals surface area (Å²) in [6.07, 6.45) is -0.446. The van der Waals surface area contributed by atoms with Gasteiger partial charge in [0.25, 0.3) is 0 Å². The van der Waals surface area contributed by atoms with E-state index in [9.17, 15) is 4.79 Å². The lowest BCUT2D eigenvalue weighted by Crippen LogP contribution is -2.38. The number of amides is 1. The second-order valence-electron chi connectivity index (χ2n) is 4.98. The van der Waals surface area contributed by atoms with Crippen molar-refractivity contribution < 1.29 is 9.53 Å². The van der Waals surface area contributed by atoms with Crippen LogP contribution < -0.4 is 10.9 Å². The largest absolute Gasteiger partial charge is 0.448 e. The molecule has 0 heterocycles. The van der Waals surface area contributed by atoms with E-state index in [0.29, 0.717) is 13.2 Å². The Bertz CT molecular complexity index is 609. The quantitative estimate of drug-likeness (QED) is 0.847. The first-order valence-corrected chi connectivity index (χ1v) is 7.15. The van der Waals surface area contributed by atoms with E-state index in [0.717, 1.165) is 0 Å². The van der Waals surface area contributed by atoms with Crippen molar-refractivity contribution in [2.75, 3.05) is 13.2 Å². The van der Waals surface area contributed by atoms with E-state index in [4.69, 9.17) is 4.74 Å². The summed E-state index contributed by atoms with van der Waals surface area (Å²) >= 11 is 0.